The Morgan fingerprint density at radius 2 is 1.73 bits per heavy atom. The lowest BCUT2D eigenvalue weighted by molar-refractivity contribution is -0.131. The number of carboxylic acids is 1. The zero-order valence-electron chi connectivity index (χ0n) is 14.8. The molecule has 6 nitrogen and oxygen atoms in total. The van der Waals surface area contributed by atoms with E-state index in [0.29, 0.717) is 17.1 Å². The lowest BCUT2D eigenvalue weighted by Crippen LogP contribution is -2.07. The highest BCUT2D eigenvalue weighted by atomic mass is 16.5. The third-order valence-corrected chi connectivity index (χ3v) is 3.58. The smallest absolute Gasteiger partial charge is 0.335 e. The van der Waals surface area contributed by atoms with E-state index < -0.39 is 5.97 Å². The van der Waals surface area contributed by atoms with E-state index in [1.54, 1.807) is 42.5 Å². The summed E-state index contributed by atoms with van der Waals surface area (Å²) in [7, 11) is 0. The van der Waals surface area contributed by atoms with E-state index >= 15 is 0 Å². The summed E-state index contributed by atoms with van der Waals surface area (Å²) in [6.07, 6.45) is 0.912. The summed E-state index contributed by atoms with van der Waals surface area (Å²) in [5.74, 6) is -0.888. The molecule has 0 saturated heterocycles. The van der Waals surface area contributed by atoms with E-state index in [1.807, 2.05) is 6.92 Å². The van der Waals surface area contributed by atoms with Gasteiger partial charge in [-0.15, -0.1) is 0 Å². The fourth-order valence-electron chi connectivity index (χ4n) is 2.32. The molecule has 0 aliphatic heterocycles. The van der Waals surface area contributed by atoms with Crippen molar-refractivity contribution < 1.29 is 19.4 Å². The highest BCUT2D eigenvalue weighted by Gasteiger charge is 2.10. The van der Waals surface area contributed by atoms with Crippen molar-refractivity contribution in [2.75, 3.05) is 17.2 Å². The van der Waals surface area contributed by atoms with Gasteiger partial charge in [-0.3, -0.25) is 4.79 Å². The van der Waals surface area contributed by atoms with Gasteiger partial charge in [-0.1, -0.05) is 13.5 Å². The second-order valence-electron chi connectivity index (χ2n) is 5.71. The Hall–Kier alpha value is -3.28. The van der Waals surface area contributed by atoms with Crippen molar-refractivity contribution in [3.63, 3.8) is 0 Å². The predicted molar refractivity (Wildman–Crippen MR) is 103 cm³/mol. The van der Waals surface area contributed by atoms with Crippen molar-refractivity contribution >= 4 is 29.0 Å². The van der Waals surface area contributed by atoms with Crippen LogP contribution in [0.3, 0.4) is 0 Å². The maximum Gasteiger partial charge on any atom is 0.335 e. The Bertz CT molecular complexity index is 813. The summed E-state index contributed by atoms with van der Waals surface area (Å²) in [6, 6.07) is 11.8. The molecule has 3 N–H and O–H groups in total. The first-order chi connectivity index (χ1) is 12.4. The average molecular weight is 354 g/mol. The normalized spacial score (nSPS) is 10.1. The molecule has 0 atom stereocenters. The quantitative estimate of drug-likeness (QED) is 0.486. The topological polar surface area (TPSA) is 87.7 Å². The van der Waals surface area contributed by atoms with Gasteiger partial charge in [0.05, 0.1) is 16.9 Å². The third kappa shape index (κ3) is 5.11. The van der Waals surface area contributed by atoms with Crippen LogP contribution in [0.25, 0.3) is 5.70 Å². The Morgan fingerprint density at radius 1 is 1.08 bits per heavy atom. The molecule has 26 heavy (non-hydrogen) atoms. The standard InChI is InChI=1S/C20H22N2O4/c1-4-11-21-19-12-16(20(24)25)7-10-18(19)22-13(2)15-5-8-17(9-6-15)26-14(3)23/h5-10,12,21-22H,2,4,11H2,1,3H3,(H,24,25). The fraction of sp³-hybridized carbons (Fsp3) is 0.200. The van der Waals surface area contributed by atoms with Crippen molar-refractivity contribution in [1.29, 1.82) is 0 Å². The van der Waals surface area contributed by atoms with Gasteiger partial charge in [-0.25, -0.2) is 4.79 Å². The van der Waals surface area contributed by atoms with Crippen molar-refractivity contribution in [3.05, 3.63) is 60.2 Å². The van der Waals surface area contributed by atoms with Crippen LogP contribution in [0.1, 0.15) is 36.2 Å². The van der Waals surface area contributed by atoms with Gasteiger partial charge >= 0.3 is 11.9 Å². The van der Waals surface area contributed by atoms with Gasteiger partial charge in [0, 0.05) is 19.2 Å². The number of rotatable bonds is 8. The molecule has 0 aliphatic carbocycles. The lowest BCUT2D eigenvalue weighted by Gasteiger charge is -2.16. The van der Waals surface area contributed by atoms with E-state index in [4.69, 9.17) is 4.74 Å². The minimum atomic E-state index is -0.976. The van der Waals surface area contributed by atoms with E-state index in [2.05, 4.69) is 17.2 Å². The first kappa shape index (κ1) is 19.1. The number of aromatic carboxylic acids is 1. The van der Waals surface area contributed by atoms with Crippen molar-refractivity contribution in [2.24, 2.45) is 0 Å². The maximum atomic E-state index is 11.2. The van der Waals surface area contributed by atoms with Crippen LogP contribution in [0.2, 0.25) is 0 Å². The first-order valence-corrected chi connectivity index (χ1v) is 8.26. The van der Waals surface area contributed by atoms with E-state index in [1.165, 1.54) is 6.92 Å². The van der Waals surface area contributed by atoms with Crippen LogP contribution in [-0.4, -0.2) is 23.6 Å². The van der Waals surface area contributed by atoms with E-state index in [-0.39, 0.29) is 11.5 Å². The van der Waals surface area contributed by atoms with Gasteiger partial charge in [-0.05, 0) is 54.4 Å². The fourth-order valence-corrected chi connectivity index (χ4v) is 2.32. The largest absolute Gasteiger partial charge is 0.478 e. The molecule has 0 saturated carbocycles. The van der Waals surface area contributed by atoms with Gasteiger partial charge < -0.3 is 20.5 Å². The minimum Gasteiger partial charge on any atom is -0.478 e. The molecule has 0 radical (unpaired) electrons. The second-order valence-corrected chi connectivity index (χ2v) is 5.71. The summed E-state index contributed by atoms with van der Waals surface area (Å²) >= 11 is 0. The summed E-state index contributed by atoms with van der Waals surface area (Å²) in [5.41, 5.74) is 3.11. The van der Waals surface area contributed by atoms with Gasteiger partial charge in [0.1, 0.15) is 5.75 Å². The molecule has 0 spiro atoms. The SMILES string of the molecule is C=C(Nc1ccc(C(=O)O)cc1NCCC)c1ccc(OC(C)=O)cc1. The monoisotopic (exact) mass is 354 g/mol. The van der Waals surface area contributed by atoms with Crippen LogP contribution in [0, 0.1) is 0 Å². The molecular formula is C20H22N2O4. The lowest BCUT2D eigenvalue weighted by atomic mass is 10.1. The van der Waals surface area contributed by atoms with Crippen molar-refractivity contribution in [3.8, 4) is 5.75 Å². The second kappa shape index (κ2) is 8.71. The van der Waals surface area contributed by atoms with Crippen molar-refractivity contribution in [2.45, 2.75) is 20.3 Å². The number of nitrogens with one attached hydrogen (secondary N) is 2. The Kier molecular flexibility index (Phi) is 6.38. The molecule has 0 amide bonds. The van der Waals surface area contributed by atoms with Crippen LogP contribution in [0.4, 0.5) is 11.4 Å². The number of carbonyl (C=O) groups is 2. The average Bonchev–Trinajstić information content (AvgIpc) is 2.60. The highest BCUT2D eigenvalue weighted by Crippen LogP contribution is 2.27. The highest BCUT2D eigenvalue weighted by molar-refractivity contribution is 5.92. The molecule has 0 aromatic heterocycles. The molecule has 2 aromatic carbocycles. The Balaban J connectivity index is 2.19. The molecule has 136 valence electrons. The zero-order valence-corrected chi connectivity index (χ0v) is 14.8. The van der Waals surface area contributed by atoms with Crippen molar-refractivity contribution in [1.82, 2.24) is 0 Å². The molecule has 0 aliphatic rings. The molecular weight excluding hydrogens is 332 g/mol. The Labute approximate surface area is 152 Å². The molecule has 6 heteroatoms. The number of anilines is 2. The number of hydrogen-bond acceptors (Lipinski definition) is 5. The number of hydrogen-bond donors (Lipinski definition) is 3. The first-order valence-electron chi connectivity index (χ1n) is 8.26. The number of benzene rings is 2. The summed E-state index contributed by atoms with van der Waals surface area (Å²) in [4.78, 5) is 22.2. The number of carboxylic acid groups (broad SMARTS) is 1. The molecule has 0 bridgehead atoms. The van der Waals surface area contributed by atoms with Crippen LogP contribution in [0.15, 0.2) is 49.0 Å². The van der Waals surface area contributed by atoms with Gasteiger partial charge in [-0.2, -0.15) is 0 Å². The van der Waals surface area contributed by atoms with E-state index in [0.717, 1.165) is 24.2 Å². The van der Waals surface area contributed by atoms with Crippen LogP contribution in [-0.2, 0) is 4.79 Å². The zero-order chi connectivity index (χ0) is 19.1. The summed E-state index contributed by atoms with van der Waals surface area (Å²) in [6.45, 7) is 8.13. The number of esters is 1. The Morgan fingerprint density at radius 3 is 2.31 bits per heavy atom. The molecule has 0 unspecified atom stereocenters. The van der Waals surface area contributed by atoms with Crippen LogP contribution < -0.4 is 15.4 Å². The number of carbonyl (C=O) groups excluding carboxylic acids is 1. The maximum absolute atomic E-state index is 11.2. The molecule has 0 heterocycles. The molecule has 2 aromatic rings. The third-order valence-electron chi connectivity index (χ3n) is 3.58. The minimum absolute atomic E-state index is 0.213. The van der Waals surface area contributed by atoms with Gasteiger partial charge in [0.25, 0.3) is 0 Å². The van der Waals surface area contributed by atoms with Crippen LogP contribution >= 0.6 is 0 Å². The van der Waals surface area contributed by atoms with Gasteiger partial charge in [0.2, 0.25) is 0 Å². The molecule has 2 rings (SSSR count). The number of ether oxygens (including phenoxy) is 1. The van der Waals surface area contributed by atoms with E-state index in [9.17, 15) is 14.7 Å². The molecule has 0 fully saturated rings. The summed E-state index contributed by atoms with van der Waals surface area (Å²) < 4.78 is 5.01. The van der Waals surface area contributed by atoms with Gasteiger partial charge in [0.15, 0.2) is 0 Å². The van der Waals surface area contributed by atoms with Crippen LogP contribution in [0.5, 0.6) is 5.75 Å². The predicted octanol–water partition coefficient (Wildman–Crippen LogP) is 4.21. The summed E-state index contributed by atoms with van der Waals surface area (Å²) in [5, 5.41) is 15.6.